The molecule has 31 heavy (non-hydrogen) atoms. The number of H-pyrrole nitrogens is 1. The highest BCUT2D eigenvalue weighted by molar-refractivity contribution is 7.17. The van der Waals surface area contributed by atoms with Gasteiger partial charge in [-0.2, -0.15) is 0 Å². The Hall–Kier alpha value is -2.50. The normalized spacial score (nSPS) is 12.6. The van der Waals surface area contributed by atoms with Crippen molar-refractivity contribution in [2.75, 3.05) is 19.8 Å². The third-order valence-electron chi connectivity index (χ3n) is 5.20. The largest absolute Gasteiger partial charge is 0.389 e. The van der Waals surface area contributed by atoms with Crippen molar-refractivity contribution in [3.8, 4) is 23.5 Å². The average molecular weight is 440 g/mol. The van der Waals surface area contributed by atoms with Gasteiger partial charge in [-0.3, -0.25) is 9.69 Å². The number of nitrogens with one attached hydrogen (secondary N) is 1. The molecule has 2 heterocycles. The van der Waals surface area contributed by atoms with E-state index in [1.54, 1.807) is 0 Å². The number of nitrogens with zero attached hydrogens (tertiary/aromatic N) is 2. The summed E-state index contributed by atoms with van der Waals surface area (Å²) >= 11 is 1.48. The molecule has 6 nitrogen and oxygen atoms in total. The third kappa shape index (κ3) is 5.60. The Bertz CT molecular complexity index is 1140. The van der Waals surface area contributed by atoms with E-state index in [9.17, 15) is 9.90 Å². The van der Waals surface area contributed by atoms with Crippen LogP contribution in [0.25, 0.3) is 21.3 Å². The molecule has 3 rings (SSSR count). The maximum absolute atomic E-state index is 13.0. The van der Waals surface area contributed by atoms with E-state index in [0.29, 0.717) is 24.3 Å². The van der Waals surface area contributed by atoms with Crippen LogP contribution in [0.5, 0.6) is 0 Å². The van der Waals surface area contributed by atoms with Crippen molar-refractivity contribution in [1.29, 1.82) is 0 Å². The molecule has 1 aromatic carbocycles. The first-order valence-corrected chi connectivity index (χ1v) is 11.2. The lowest BCUT2D eigenvalue weighted by molar-refractivity contribution is 0.0186. The van der Waals surface area contributed by atoms with Crippen molar-refractivity contribution in [2.45, 2.75) is 46.4 Å². The molecule has 0 amide bonds. The van der Waals surface area contributed by atoms with Crippen LogP contribution in [0.2, 0.25) is 0 Å². The van der Waals surface area contributed by atoms with Gasteiger partial charge >= 0.3 is 0 Å². The lowest BCUT2D eigenvalue weighted by Crippen LogP contribution is -2.39. The molecule has 1 unspecified atom stereocenters. The standard InChI is InChI=1S/C24H29N3O3S/c1-6-9-30-13-18(28)11-27(15(2)3)12-21-25-23(29)22-20(14-31-24(22)26-21)19-10-16(4)7-8-17(19)5/h1,7-8,10,14-15,18,28H,9,11-13H2,2-5H3,(H,25,26,29). The summed E-state index contributed by atoms with van der Waals surface area (Å²) in [5.41, 5.74) is 4.12. The fourth-order valence-electron chi connectivity index (χ4n) is 3.52. The number of aromatic amines is 1. The first kappa shape index (κ1) is 23.2. The number of hydrogen-bond donors (Lipinski definition) is 2. The predicted octanol–water partition coefficient (Wildman–Crippen LogP) is 3.49. The van der Waals surface area contributed by atoms with Gasteiger partial charge in [0.1, 0.15) is 17.3 Å². The molecule has 0 radical (unpaired) electrons. The fourth-order valence-corrected chi connectivity index (χ4v) is 4.48. The molecule has 0 spiro atoms. The number of benzene rings is 1. The molecular formula is C24H29N3O3S. The first-order chi connectivity index (χ1) is 14.8. The molecule has 7 heteroatoms. The van der Waals surface area contributed by atoms with Crippen LogP contribution < -0.4 is 5.56 Å². The topological polar surface area (TPSA) is 78.5 Å². The first-order valence-electron chi connectivity index (χ1n) is 10.3. The van der Waals surface area contributed by atoms with E-state index in [0.717, 1.165) is 27.1 Å². The van der Waals surface area contributed by atoms with Crippen LogP contribution >= 0.6 is 11.3 Å². The highest BCUT2D eigenvalue weighted by atomic mass is 32.1. The number of hydrogen-bond acceptors (Lipinski definition) is 6. The summed E-state index contributed by atoms with van der Waals surface area (Å²) in [5, 5.41) is 12.9. The van der Waals surface area contributed by atoms with E-state index < -0.39 is 6.10 Å². The molecule has 1 atom stereocenters. The van der Waals surface area contributed by atoms with Crippen LogP contribution in [0.4, 0.5) is 0 Å². The quantitative estimate of drug-likeness (QED) is 0.394. The number of ether oxygens (including phenoxy) is 1. The maximum Gasteiger partial charge on any atom is 0.260 e. The Morgan fingerprint density at radius 2 is 2.10 bits per heavy atom. The summed E-state index contributed by atoms with van der Waals surface area (Å²) in [4.78, 5) is 23.4. The van der Waals surface area contributed by atoms with Crippen molar-refractivity contribution in [3.63, 3.8) is 0 Å². The molecule has 3 aromatic rings. The lowest BCUT2D eigenvalue weighted by atomic mass is 9.99. The van der Waals surface area contributed by atoms with Crippen LogP contribution in [0.1, 0.15) is 30.8 Å². The minimum absolute atomic E-state index is 0.140. The molecule has 0 saturated heterocycles. The molecule has 0 aliphatic carbocycles. The van der Waals surface area contributed by atoms with Gasteiger partial charge in [0.25, 0.3) is 5.56 Å². The third-order valence-corrected chi connectivity index (χ3v) is 6.07. The van der Waals surface area contributed by atoms with Gasteiger partial charge in [0.2, 0.25) is 0 Å². The van der Waals surface area contributed by atoms with Gasteiger partial charge in [0.05, 0.1) is 24.6 Å². The van der Waals surface area contributed by atoms with Gasteiger partial charge in [-0.25, -0.2) is 4.98 Å². The molecule has 0 aliphatic heterocycles. The molecule has 0 bridgehead atoms. The van der Waals surface area contributed by atoms with Gasteiger partial charge in [-0.05, 0) is 38.8 Å². The summed E-state index contributed by atoms with van der Waals surface area (Å²) in [5.74, 6) is 2.97. The number of rotatable bonds is 9. The SMILES string of the molecule is C#CCOCC(O)CN(Cc1nc2scc(-c3cc(C)ccc3C)c2c(=O)[nH]1)C(C)C. The van der Waals surface area contributed by atoms with Gasteiger partial charge < -0.3 is 14.8 Å². The van der Waals surface area contributed by atoms with Crippen molar-refractivity contribution in [3.05, 3.63) is 50.9 Å². The van der Waals surface area contributed by atoms with E-state index in [4.69, 9.17) is 16.1 Å². The average Bonchev–Trinajstić information content (AvgIpc) is 3.14. The number of fused-ring (bicyclic) bond motifs is 1. The van der Waals surface area contributed by atoms with Gasteiger partial charge in [-0.1, -0.05) is 29.7 Å². The van der Waals surface area contributed by atoms with Gasteiger partial charge in [0.15, 0.2) is 0 Å². The second-order valence-electron chi connectivity index (χ2n) is 8.06. The molecule has 164 valence electrons. The molecule has 0 aliphatic rings. The van der Waals surface area contributed by atoms with E-state index in [2.05, 4.69) is 29.1 Å². The number of aryl methyl sites for hydroxylation is 2. The molecular weight excluding hydrogens is 410 g/mol. The van der Waals surface area contributed by atoms with Crippen molar-refractivity contribution >= 4 is 21.6 Å². The van der Waals surface area contributed by atoms with E-state index in [-0.39, 0.29) is 24.8 Å². The predicted molar refractivity (Wildman–Crippen MR) is 126 cm³/mol. The van der Waals surface area contributed by atoms with Crippen LogP contribution in [0, 0.1) is 26.2 Å². The lowest BCUT2D eigenvalue weighted by Gasteiger charge is -2.28. The Morgan fingerprint density at radius 3 is 2.81 bits per heavy atom. The minimum atomic E-state index is -0.677. The van der Waals surface area contributed by atoms with Crippen molar-refractivity contribution < 1.29 is 9.84 Å². The summed E-state index contributed by atoms with van der Waals surface area (Å²) in [6, 6.07) is 6.40. The van der Waals surface area contributed by atoms with Crippen LogP contribution in [-0.4, -0.2) is 51.9 Å². The van der Waals surface area contributed by atoms with Gasteiger partial charge in [0, 0.05) is 23.5 Å². The number of aromatic nitrogens is 2. The highest BCUT2D eigenvalue weighted by Gasteiger charge is 2.19. The van der Waals surface area contributed by atoms with Gasteiger partial charge in [-0.15, -0.1) is 17.8 Å². The monoisotopic (exact) mass is 439 g/mol. The van der Waals surface area contributed by atoms with E-state index >= 15 is 0 Å². The zero-order valence-corrected chi connectivity index (χ0v) is 19.3. The minimum Gasteiger partial charge on any atom is -0.389 e. The van der Waals surface area contributed by atoms with Crippen molar-refractivity contribution in [2.24, 2.45) is 0 Å². The number of terminal acetylenes is 1. The van der Waals surface area contributed by atoms with Crippen LogP contribution in [-0.2, 0) is 11.3 Å². The fraction of sp³-hybridized carbons (Fsp3) is 0.417. The molecule has 0 saturated carbocycles. The number of aliphatic hydroxyl groups excluding tert-OH is 1. The molecule has 2 aromatic heterocycles. The zero-order chi connectivity index (χ0) is 22.5. The number of thiophene rings is 1. The summed E-state index contributed by atoms with van der Waals surface area (Å²) < 4.78 is 5.23. The molecule has 2 N–H and O–H groups in total. The molecule has 0 fully saturated rings. The summed E-state index contributed by atoms with van der Waals surface area (Å²) in [6.45, 7) is 9.32. The second-order valence-corrected chi connectivity index (χ2v) is 8.91. The maximum atomic E-state index is 13.0. The van der Waals surface area contributed by atoms with Crippen LogP contribution in [0.3, 0.4) is 0 Å². The Labute approximate surface area is 186 Å². The van der Waals surface area contributed by atoms with Crippen molar-refractivity contribution in [1.82, 2.24) is 14.9 Å². The zero-order valence-electron chi connectivity index (χ0n) is 18.4. The Morgan fingerprint density at radius 1 is 1.32 bits per heavy atom. The van der Waals surface area contributed by atoms with E-state index in [1.165, 1.54) is 11.3 Å². The highest BCUT2D eigenvalue weighted by Crippen LogP contribution is 2.33. The smallest absolute Gasteiger partial charge is 0.260 e. The van der Waals surface area contributed by atoms with Crippen LogP contribution in [0.15, 0.2) is 28.4 Å². The summed E-state index contributed by atoms with van der Waals surface area (Å²) in [7, 11) is 0. The second kappa shape index (κ2) is 10.2. The summed E-state index contributed by atoms with van der Waals surface area (Å²) in [6.07, 6.45) is 4.50. The number of aliphatic hydroxyl groups is 1. The Kier molecular flexibility index (Phi) is 7.63. The Balaban J connectivity index is 1.86. The van der Waals surface area contributed by atoms with E-state index in [1.807, 2.05) is 38.0 Å².